The van der Waals surface area contributed by atoms with E-state index in [-0.39, 0.29) is 10.8 Å². The van der Waals surface area contributed by atoms with Crippen LogP contribution in [0.5, 0.6) is 5.75 Å². The van der Waals surface area contributed by atoms with Gasteiger partial charge in [-0.2, -0.15) is 9.29 Å². The minimum Gasteiger partial charge on any atom is -0.495 e. The van der Waals surface area contributed by atoms with Crippen LogP contribution in [0.4, 0.5) is 0 Å². The Morgan fingerprint density at radius 1 is 1.41 bits per heavy atom. The molecule has 0 radical (unpaired) electrons. The van der Waals surface area contributed by atoms with Crippen LogP contribution in [-0.2, 0) is 10.0 Å². The summed E-state index contributed by atoms with van der Waals surface area (Å²) in [4.78, 5) is 4.21. The van der Waals surface area contributed by atoms with Crippen LogP contribution in [0.3, 0.4) is 0 Å². The van der Waals surface area contributed by atoms with Crippen molar-refractivity contribution in [2.24, 2.45) is 0 Å². The molecule has 7 nitrogen and oxygen atoms in total. The number of aromatic nitrogens is 2. The maximum absolute atomic E-state index is 12.9. The van der Waals surface area contributed by atoms with Gasteiger partial charge in [0.15, 0.2) is 5.82 Å². The van der Waals surface area contributed by atoms with Crippen molar-refractivity contribution in [1.82, 2.24) is 14.4 Å². The van der Waals surface area contributed by atoms with Crippen molar-refractivity contribution < 1.29 is 17.7 Å². The highest BCUT2D eigenvalue weighted by Crippen LogP contribution is 2.33. The number of nitrogens with zero attached hydrogens (tertiary/aromatic N) is 3. The van der Waals surface area contributed by atoms with Crippen LogP contribution >= 0.6 is 0 Å². The van der Waals surface area contributed by atoms with E-state index in [9.17, 15) is 8.42 Å². The minimum absolute atomic E-state index is 0.0377. The van der Waals surface area contributed by atoms with Gasteiger partial charge >= 0.3 is 0 Å². The molecule has 0 unspecified atom stereocenters. The van der Waals surface area contributed by atoms with Gasteiger partial charge < -0.3 is 9.26 Å². The fourth-order valence-corrected chi connectivity index (χ4v) is 4.38. The number of ether oxygens (including phenoxy) is 1. The van der Waals surface area contributed by atoms with Gasteiger partial charge in [0.25, 0.3) is 0 Å². The summed E-state index contributed by atoms with van der Waals surface area (Å²) in [7, 11) is -2.14. The molecular formula is C14H17N3O4S. The van der Waals surface area contributed by atoms with Gasteiger partial charge in [0.1, 0.15) is 10.6 Å². The lowest BCUT2D eigenvalue weighted by Crippen LogP contribution is -2.29. The number of hydrogen-bond acceptors (Lipinski definition) is 6. The molecule has 1 aliphatic heterocycles. The van der Waals surface area contributed by atoms with E-state index in [1.54, 1.807) is 12.1 Å². The Bertz CT molecular complexity index is 758. The van der Waals surface area contributed by atoms with E-state index in [1.165, 1.54) is 17.8 Å². The van der Waals surface area contributed by atoms with Crippen LogP contribution < -0.4 is 4.74 Å². The summed E-state index contributed by atoms with van der Waals surface area (Å²) >= 11 is 0. The molecule has 0 saturated carbocycles. The smallest absolute Gasteiger partial charge is 0.246 e. The molecule has 1 aromatic carbocycles. The van der Waals surface area contributed by atoms with Gasteiger partial charge in [-0.15, -0.1) is 0 Å². The van der Waals surface area contributed by atoms with Gasteiger partial charge in [-0.3, -0.25) is 0 Å². The van der Waals surface area contributed by atoms with E-state index in [1.807, 2.05) is 13.0 Å². The normalized spacial score (nSPS) is 19.5. The van der Waals surface area contributed by atoms with Crippen molar-refractivity contribution in [3.05, 3.63) is 36.0 Å². The maximum atomic E-state index is 12.9. The average Bonchev–Trinajstić information content (AvgIpc) is 3.18. The first kappa shape index (κ1) is 15.0. The van der Waals surface area contributed by atoms with E-state index in [4.69, 9.17) is 9.26 Å². The molecule has 0 spiro atoms. The number of methoxy groups -OCH3 is 1. The number of hydrogen-bond donors (Lipinski definition) is 0. The topological polar surface area (TPSA) is 85.5 Å². The van der Waals surface area contributed by atoms with Crippen molar-refractivity contribution >= 4 is 10.0 Å². The molecule has 1 saturated heterocycles. The first-order chi connectivity index (χ1) is 10.5. The summed E-state index contributed by atoms with van der Waals surface area (Å²) in [6.07, 6.45) is 1.93. The highest BCUT2D eigenvalue weighted by atomic mass is 32.2. The van der Waals surface area contributed by atoms with Crippen molar-refractivity contribution in [1.29, 1.82) is 0 Å². The largest absolute Gasteiger partial charge is 0.495 e. The Labute approximate surface area is 128 Å². The summed E-state index contributed by atoms with van der Waals surface area (Å²) in [5.74, 6) is 0.867. The van der Waals surface area contributed by atoms with Gasteiger partial charge in [-0.05, 0) is 31.0 Å². The molecule has 1 aromatic heterocycles. The highest BCUT2D eigenvalue weighted by Gasteiger charge is 2.36. The zero-order valence-corrected chi connectivity index (χ0v) is 13.2. The Morgan fingerprint density at radius 3 is 2.91 bits per heavy atom. The fourth-order valence-electron chi connectivity index (χ4n) is 2.64. The first-order valence-electron chi connectivity index (χ1n) is 6.93. The second-order valence-corrected chi connectivity index (χ2v) is 7.20. The Kier molecular flexibility index (Phi) is 3.88. The van der Waals surface area contributed by atoms with E-state index in [0.29, 0.717) is 31.1 Å². The number of rotatable bonds is 4. The van der Waals surface area contributed by atoms with Crippen molar-refractivity contribution in [3.8, 4) is 5.75 Å². The molecule has 8 heteroatoms. The van der Waals surface area contributed by atoms with Crippen LogP contribution in [0.2, 0.25) is 0 Å². The summed E-state index contributed by atoms with van der Waals surface area (Å²) in [6, 6.07) is 5.13. The number of aryl methyl sites for hydroxylation is 1. The van der Waals surface area contributed by atoms with Crippen molar-refractivity contribution in [3.63, 3.8) is 0 Å². The summed E-state index contributed by atoms with van der Waals surface area (Å²) < 4.78 is 37.1. The van der Waals surface area contributed by atoms with Crippen LogP contribution in [0.25, 0.3) is 0 Å². The summed E-state index contributed by atoms with van der Waals surface area (Å²) in [5, 5.41) is 3.80. The van der Waals surface area contributed by atoms with Gasteiger partial charge in [-0.25, -0.2) is 8.42 Å². The van der Waals surface area contributed by atoms with Crippen molar-refractivity contribution in [2.45, 2.75) is 24.2 Å². The molecule has 2 aromatic rings. The van der Waals surface area contributed by atoms with Crippen LogP contribution in [0.15, 0.2) is 34.0 Å². The van der Waals surface area contributed by atoms with Gasteiger partial charge in [0.2, 0.25) is 16.4 Å². The Morgan fingerprint density at radius 2 is 2.23 bits per heavy atom. The molecular weight excluding hydrogens is 306 g/mol. The second kappa shape index (κ2) is 5.69. The fraction of sp³-hybridized carbons (Fsp3) is 0.429. The van der Waals surface area contributed by atoms with E-state index in [0.717, 1.165) is 5.56 Å². The van der Waals surface area contributed by atoms with Crippen molar-refractivity contribution in [2.75, 3.05) is 20.2 Å². The Hall–Kier alpha value is -1.93. The van der Waals surface area contributed by atoms with E-state index in [2.05, 4.69) is 10.1 Å². The molecule has 1 fully saturated rings. The maximum Gasteiger partial charge on any atom is 0.246 e. The quantitative estimate of drug-likeness (QED) is 0.849. The first-order valence-corrected chi connectivity index (χ1v) is 8.37. The predicted octanol–water partition coefficient (Wildman–Crippen LogP) is 1.56. The van der Waals surface area contributed by atoms with Gasteiger partial charge in [0.05, 0.1) is 7.11 Å². The van der Waals surface area contributed by atoms with Crippen LogP contribution in [0.1, 0.15) is 23.7 Å². The summed E-state index contributed by atoms with van der Waals surface area (Å²) in [6.45, 7) is 2.63. The molecule has 0 bridgehead atoms. The Balaban J connectivity index is 1.90. The van der Waals surface area contributed by atoms with Gasteiger partial charge in [0, 0.05) is 19.0 Å². The predicted molar refractivity (Wildman–Crippen MR) is 78.1 cm³/mol. The van der Waals surface area contributed by atoms with E-state index >= 15 is 0 Å². The third-order valence-electron chi connectivity index (χ3n) is 3.83. The van der Waals surface area contributed by atoms with E-state index < -0.39 is 10.0 Å². The minimum atomic E-state index is -3.61. The molecule has 22 heavy (non-hydrogen) atoms. The molecule has 0 N–H and O–H groups in total. The standard InChI is InChI=1S/C14H17N3O4S/c1-10-3-4-12(20-2)13(7-10)22(18,19)17-6-5-11(8-17)14-15-9-21-16-14/h3-4,7,9,11H,5-6,8H2,1-2H3/t11-/m0/s1. The monoisotopic (exact) mass is 323 g/mol. The molecule has 0 amide bonds. The molecule has 118 valence electrons. The zero-order chi connectivity index (χ0) is 15.7. The second-order valence-electron chi connectivity index (χ2n) is 5.29. The molecule has 1 aliphatic rings. The zero-order valence-electron chi connectivity index (χ0n) is 12.4. The van der Waals surface area contributed by atoms with Crippen LogP contribution in [-0.4, -0.2) is 43.1 Å². The van der Waals surface area contributed by atoms with Gasteiger partial charge in [-0.1, -0.05) is 11.2 Å². The molecule has 1 atom stereocenters. The highest BCUT2D eigenvalue weighted by molar-refractivity contribution is 7.89. The lowest BCUT2D eigenvalue weighted by atomic mass is 10.1. The molecule has 3 rings (SSSR count). The number of benzene rings is 1. The third-order valence-corrected chi connectivity index (χ3v) is 5.72. The summed E-state index contributed by atoms with van der Waals surface area (Å²) in [5.41, 5.74) is 0.869. The van der Waals surface area contributed by atoms with Crippen LogP contribution in [0, 0.1) is 6.92 Å². The molecule has 2 heterocycles. The SMILES string of the molecule is COc1ccc(C)cc1S(=O)(=O)N1CC[C@H](c2ncon2)C1. The lowest BCUT2D eigenvalue weighted by Gasteiger charge is -2.18. The molecule has 0 aliphatic carbocycles. The lowest BCUT2D eigenvalue weighted by molar-refractivity contribution is 0.396. The average molecular weight is 323 g/mol. The third kappa shape index (κ3) is 2.59. The number of sulfonamides is 1.